The standard InChI is InChI=1S/C20H32N6O/c1-14(2)19-21-18(23-27-19)17-10-20(13-24(17)4)6-8-26(9-7-20)12-16-11-25(5)22-15(16)3/h11,14,17H,6-10,12-13H2,1-5H3. The second kappa shape index (κ2) is 7.02. The van der Waals surface area contributed by atoms with Crippen LogP contribution in [0.1, 0.15) is 68.0 Å². The van der Waals surface area contributed by atoms with Gasteiger partial charge in [0.1, 0.15) is 0 Å². The molecule has 27 heavy (non-hydrogen) atoms. The first-order chi connectivity index (χ1) is 12.8. The molecule has 0 N–H and O–H groups in total. The summed E-state index contributed by atoms with van der Waals surface area (Å²) in [5.74, 6) is 1.90. The predicted molar refractivity (Wildman–Crippen MR) is 103 cm³/mol. The highest BCUT2D eigenvalue weighted by Gasteiger charge is 2.46. The van der Waals surface area contributed by atoms with Crippen LogP contribution in [0.2, 0.25) is 0 Å². The molecule has 0 aromatic carbocycles. The molecular weight excluding hydrogens is 340 g/mol. The molecule has 2 saturated heterocycles. The van der Waals surface area contributed by atoms with Crippen molar-refractivity contribution in [3.8, 4) is 0 Å². The lowest BCUT2D eigenvalue weighted by Crippen LogP contribution is -2.40. The summed E-state index contributed by atoms with van der Waals surface area (Å²) in [5, 5.41) is 8.76. The fraction of sp³-hybridized carbons (Fsp3) is 0.750. The zero-order valence-electron chi connectivity index (χ0n) is 17.3. The first-order valence-electron chi connectivity index (χ1n) is 10.1. The summed E-state index contributed by atoms with van der Waals surface area (Å²) in [4.78, 5) is 9.67. The van der Waals surface area contributed by atoms with Crippen molar-refractivity contribution in [1.82, 2.24) is 29.7 Å². The van der Waals surface area contributed by atoms with Gasteiger partial charge in [-0.15, -0.1) is 0 Å². The van der Waals surface area contributed by atoms with E-state index in [9.17, 15) is 0 Å². The van der Waals surface area contributed by atoms with Crippen molar-refractivity contribution >= 4 is 0 Å². The summed E-state index contributed by atoms with van der Waals surface area (Å²) < 4.78 is 7.37. The zero-order valence-corrected chi connectivity index (χ0v) is 17.3. The van der Waals surface area contributed by atoms with Crippen LogP contribution in [-0.4, -0.2) is 56.4 Å². The molecule has 4 heterocycles. The van der Waals surface area contributed by atoms with E-state index in [-0.39, 0.29) is 12.0 Å². The van der Waals surface area contributed by atoms with E-state index in [4.69, 9.17) is 4.52 Å². The van der Waals surface area contributed by atoms with Gasteiger partial charge in [0.15, 0.2) is 5.82 Å². The van der Waals surface area contributed by atoms with Gasteiger partial charge < -0.3 is 4.52 Å². The van der Waals surface area contributed by atoms with Crippen molar-refractivity contribution in [2.24, 2.45) is 12.5 Å². The van der Waals surface area contributed by atoms with E-state index in [1.807, 2.05) is 11.7 Å². The SMILES string of the molecule is Cc1nn(C)cc1CN1CCC2(CC1)CC(c1noc(C(C)C)n1)N(C)C2. The monoisotopic (exact) mass is 372 g/mol. The Kier molecular flexibility index (Phi) is 4.84. The second-order valence-electron chi connectivity index (χ2n) is 8.97. The van der Waals surface area contributed by atoms with E-state index in [1.54, 1.807) is 0 Å². The Morgan fingerprint density at radius 2 is 2.00 bits per heavy atom. The van der Waals surface area contributed by atoms with Crippen molar-refractivity contribution < 1.29 is 4.52 Å². The van der Waals surface area contributed by atoms with Gasteiger partial charge in [-0.05, 0) is 51.7 Å². The third kappa shape index (κ3) is 3.67. The predicted octanol–water partition coefficient (Wildman–Crippen LogP) is 2.89. The van der Waals surface area contributed by atoms with Gasteiger partial charge in [0.05, 0.1) is 11.7 Å². The third-order valence-corrected chi connectivity index (χ3v) is 6.42. The summed E-state index contributed by atoms with van der Waals surface area (Å²) in [6.07, 6.45) is 5.77. The van der Waals surface area contributed by atoms with Gasteiger partial charge in [0.2, 0.25) is 5.89 Å². The molecule has 1 unspecified atom stereocenters. The molecule has 2 fully saturated rings. The third-order valence-electron chi connectivity index (χ3n) is 6.42. The summed E-state index contributed by atoms with van der Waals surface area (Å²) in [5.41, 5.74) is 2.89. The number of aromatic nitrogens is 4. The molecule has 2 aliphatic rings. The first kappa shape index (κ1) is 18.6. The first-order valence-corrected chi connectivity index (χ1v) is 10.1. The van der Waals surface area contributed by atoms with Crippen LogP contribution >= 0.6 is 0 Å². The molecule has 2 aromatic rings. The maximum atomic E-state index is 5.46. The van der Waals surface area contributed by atoms with Gasteiger partial charge in [-0.25, -0.2) is 0 Å². The van der Waals surface area contributed by atoms with Gasteiger partial charge >= 0.3 is 0 Å². The molecule has 1 spiro atoms. The van der Waals surface area contributed by atoms with Crippen LogP contribution in [0.5, 0.6) is 0 Å². The highest BCUT2D eigenvalue weighted by molar-refractivity contribution is 5.15. The molecule has 0 bridgehead atoms. The number of nitrogens with zero attached hydrogens (tertiary/aromatic N) is 6. The summed E-state index contributed by atoms with van der Waals surface area (Å²) in [6.45, 7) is 10.7. The molecule has 0 aliphatic carbocycles. The zero-order chi connectivity index (χ0) is 19.2. The fourth-order valence-electron chi connectivity index (χ4n) is 4.77. The molecule has 148 valence electrons. The maximum Gasteiger partial charge on any atom is 0.229 e. The molecule has 7 heteroatoms. The van der Waals surface area contributed by atoms with E-state index in [0.29, 0.717) is 5.41 Å². The molecular formula is C20H32N6O. The van der Waals surface area contributed by atoms with Gasteiger partial charge in [-0.3, -0.25) is 14.5 Å². The van der Waals surface area contributed by atoms with Crippen LogP contribution in [0, 0.1) is 12.3 Å². The van der Waals surface area contributed by atoms with Gasteiger partial charge in [-0.2, -0.15) is 10.1 Å². The van der Waals surface area contributed by atoms with Crippen LogP contribution in [0.25, 0.3) is 0 Å². The Morgan fingerprint density at radius 3 is 2.59 bits per heavy atom. The van der Waals surface area contributed by atoms with E-state index in [2.05, 4.69) is 59.1 Å². The van der Waals surface area contributed by atoms with Crippen LogP contribution in [-0.2, 0) is 13.6 Å². The number of likely N-dealkylation sites (tertiary alicyclic amines) is 2. The lowest BCUT2D eigenvalue weighted by Gasteiger charge is -2.39. The highest BCUT2D eigenvalue weighted by Crippen LogP contribution is 2.47. The van der Waals surface area contributed by atoms with Crippen molar-refractivity contribution in [1.29, 1.82) is 0 Å². The minimum absolute atomic E-state index is 0.283. The van der Waals surface area contributed by atoms with E-state index in [1.165, 1.54) is 18.4 Å². The highest BCUT2D eigenvalue weighted by atomic mass is 16.5. The Balaban J connectivity index is 1.38. The quantitative estimate of drug-likeness (QED) is 0.822. The largest absolute Gasteiger partial charge is 0.339 e. The summed E-state index contributed by atoms with van der Waals surface area (Å²) in [7, 11) is 4.20. The lowest BCUT2D eigenvalue weighted by atomic mass is 9.76. The maximum absolute atomic E-state index is 5.46. The molecule has 2 aromatic heterocycles. The Labute approximate surface area is 161 Å². The minimum Gasteiger partial charge on any atom is -0.339 e. The van der Waals surface area contributed by atoms with Gasteiger partial charge in [0, 0.05) is 37.8 Å². The van der Waals surface area contributed by atoms with Gasteiger partial charge in [0.25, 0.3) is 0 Å². The van der Waals surface area contributed by atoms with Gasteiger partial charge in [-0.1, -0.05) is 19.0 Å². The fourth-order valence-corrected chi connectivity index (χ4v) is 4.77. The summed E-state index contributed by atoms with van der Waals surface area (Å²) in [6, 6.07) is 0.286. The van der Waals surface area contributed by atoms with Crippen LogP contribution in [0.3, 0.4) is 0 Å². The second-order valence-corrected chi connectivity index (χ2v) is 8.97. The Bertz CT molecular complexity index is 786. The van der Waals surface area contributed by atoms with Crippen molar-refractivity contribution in [2.75, 3.05) is 26.7 Å². The summed E-state index contributed by atoms with van der Waals surface area (Å²) >= 11 is 0. The molecule has 2 aliphatic heterocycles. The van der Waals surface area contributed by atoms with Crippen LogP contribution in [0.15, 0.2) is 10.7 Å². The lowest BCUT2D eigenvalue weighted by molar-refractivity contribution is 0.105. The average Bonchev–Trinajstić information content (AvgIpc) is 3.29. The van der Waals surface area contributed by atoms with E-state index < -0.39 is 0 Å². The van der Waals surface area contributed by atoms with E-state index >= 15 is 0 Å². The molecule has 0 radical (unpaired) electrons. The van der Waals surface area contributed by atoms with Crippen molar-refractivity contribution in [3.63, 3.8) is 0 Å². The smallest absolute Gasteiger partial charge is 0.229 e. The number of aryl methyl sites for hydroxylation is 2. The van der Waals surface area contributed by atoms with Crippen molar-refractivity contribution in [3.05, 3.63) is 29.2 Å². The normalized spacial score (nSPS) is 23.7. The molecule has 4 rings (SSSR count). The molecule has 1 atom stereocenters. The number of hydrogen-bond donors (Lipinski definition) is 0. The topological polar surface area (TPSA) is 63.2 Å². The Morgan fingerprint density at radius 1 is 1.26 bits per heavy atom. The number of piperidine rings is 1. The van der Waals surface area contributed by atoms with Crippen molar-refractivity contribution in [2.45, 2.75) is 58.5 Å². The minimum atomic E-state index is 0.283. The van der Waals surface area contributed by atoms with E-state index in [0.717, 1.165) is 50.0 Å². The van der Waals surface area contributed by atoms with Crippen LogP contribution in [0.4, 0.5) is 0 Å². The van der Waals surface area contributed by atoms with Crippen LogP contribution < -0.4 is 0 Å². The molecule has 0 saturated carbocycles. The number of hydrogen-bond acceptors (Lipinski definition) is 6. The Hall–Kier alpha value is -1.73. The molecule has 0 amide bonds. The average molecular weight is 373 g/mol. The number of rotatable bonds is 4. The molecule has 7 nitrogen and oxygen atoms in total.